The summed E-state index contributed by atoms with van der Waals surface area (Å²) in [6, 6.07) is 15.7. The molecule has 0 unspecified atom stereocenters. The molecule has 0 spiro atoms. The maximum Gasteiger partial charge on any atom is 0.266 e. The summed E-state index contributed by atoms with van der Waals surface area (Å²) in [5, 5.41) is 12.4. The maximum absolute atomic E-state index is 13.0. The quantitative estimate of drug-likeness (QED) is 0.420. The van der Waals surface area contributed by atoms with Crippen molar-refractivity contribution < 1.29 is 4.79 Å². The molecule has 2 aromatic carbocycles. The van der Waals surface area contributed by atoms with Gasteiger partial charge in [-0.15, -0.1) is 6.42 Å². The number of amides is 1. The smallest absolute Gasteiger partial charge is 0.266 e. The van der Waals surface area contributed by atoms with Crippen LogP contribution in [0.4, 0.5) is 0 Å². The molecule has 1 amide bonds. The maximum atomic E-state index is 13.0. The Balaban J connectivity index is 2.07. The molecule has 1 aromatic heterocycles. The average Bonchev–Trinajstić information content (AvgIpc) is 2.71. The van der Waals surface area contributed by atoms with Crippen molar-refractivity contribution in [2.24, 2.45) is 0 Å². The van der Waals surface area contributed by atoms with Crippen LogP contribution in [0.1, 0.15) is 5.56 Å². The van der Waals surface area contributed by atoms with Gasteiger partial charge in [0.05, 0.1) is 40.5 Å². The minimum absolute atomic E-state index is 0.0722. The number of thioether (sulfide) groups is 1. The number of carbonyl (C=O) groups is 1. The second kappa shape index (κ2) is 8.22. The van der Waals surface area contributed by atoms with E-state index in [0.29, 0.717) is 27.3 Å². The Bertz CT molecular complexity index is 1140. The topological polar surface area (TPSA) is 87.8 Å². The Morgan fingerprint density at radius 1 is 1.22 bits per heavy atom. The van der Waals surface area contributed by atoms with Gasteiger partial charge >= 0.3 is 0 Å². The molecule has 0 aliphatic heterocycles. The zero-order valence-corrected chi connectivity index (χ0v) is 15.0. The molecule has 0 saturated heterocycles. The predicted molar refractivity (Wildman–Crippen MR) is 105 cm³/mol. The number of carbonyl (C=O) groups excluding carboxylic acids is 1. The third kappa shape index (κ3) is 4.00. The summed E-state index contributed by atoms with van der Waals surface area (Å²) in [6.07, 6.45) is 5.14. The van der Waals surface area contributed by atoms with Crippen molar-refractivity contribution in [3.8, 4) is 24.1 Å². The number of hydrogen-bond donors (Lipinski definition) is 1. The first-order chi connectivity index (χ1) is 13.1. The lowest BCUT2D eigenvalue weighted by atomic mass is 10.2. The zero-order valence-electron chi connectivity index (χ0n) is 14.2. The highest BCUT2D eigenvalue weighted by Gasteiger charge is 2.14. The van der Waals surface area contributed by atoms with Crippen LogP contribution in [0.5, 0.6) is 0 Å². The molecular formula is C20H14N4O2S. The standard InChI is InChI=1S/C20H14N4O2S/c1-2-11-22-18(25)13-27-20-23-17-6-4-3-5-16(17)19(26)24(20)15-9-7-14(12-21)8-10-15/h1,3-10H,11,13H2,(H,22,25). The first-order valence-corrected chi connectivity index (χ1v) is 8.98. The van der Waals surface area contributed by atoms with Gasteiger partial charge in [0.2, 0.25) is 5.91 Å². The van der Waals surface area contributed by atoms with Gasteiger partial charge in [-0.2, -0.15) is 5.26 Å². The highest BCUT2D eigenvalue weighted by atomic mass is 32.2. The summed E-state index contributed by atoms with van der Waals surface area (Å²) < 4.78 is 1.45. The molecule has 0 fully saturated rings. The molecular weight excluding hydrogens is 360 g/mol. The fraction of sp³-hybridized carbons (Fsp3) is 0.100. The molecule has 3 aromatic rings. The second-order valence-corrected chi connectivity index (χ2v) is 6.42. The number of fused-ring (bicyclic) bond motifs is 1. The lowest BCUT2D eigenvalue weighted by molar-refractivity contribution is -0.118. The highest BCUT2D eigenvalue weighted by Crippen LogP contribution is 2.21. The van der Waals surface area contributed by atoms with Crippen LogP contribution >= 0.6 is 11.8 Å². The zero-order chi connectivity index (χ0) is 19.2. The lowest BCUT2D eigenvalue weighted by Crippen LogP contribution is -2.26. The van der Waals surface area contributed by atoms with Gasteiger partial charge in [-0.3, -0.25) is 14.2 Å². The SMILES string of the molecule is C#CCNC(=O)CSc1nc2ccccc2c(=O)n1-c1ccc(C#N)cc1. The summed E-state index contributed by atoms with van der Waals surface area (Å²) >= 11 is 1.15. The monoisotopic (exact) mass is 374 g/mol. The number of hydrogen-bond acceptors (Lipinski definition) is 5. The largest absolute Gasteiger partial charge is 0.344 e. The molecule has 7 heteroatoms. The van der Waals surface area contributed by atoms with E-state index in [2.05, 4.69) is 16.2 Å². The van der Waals surface area contributed by atoms with Gasteiger partial charge in [-0.25, -0.2) is 4.98 Å². The summed E-state index contributed by atoms with van der Waals surface area (Å²) in [5.74, 6) is 2.17. The molecule has 1 N–H and O–H groups in total. The van der Waals surface area contributed by atoms with Crippen molar-refractivity contribution in [2.75, 3.05) is 12.3 Å². The molecule has 0 aliphatic rings. The minimum Gasteiger partial charge on any atom is -0.344 e. The van der Waals surface area contributed by atoms with Gasteiger partial charge in [0, 0.05) is 0 Å². The van der Waals surface area contributed by atoms with Crippen LogP contribution in [-0.2, 0) is 4.79 Å². The van der Waals surface area contributed by atoms with Crippen molar-refractivity contribution in [1.29, 1.82) is 5.26 Å². The van der Waals surface area contributed by atoms with Crippen LogP contribution in [0.2, 0.25) is 0 Å². The van der Waals surface area contributed by atoms with Crippen molar-refractivity contribution in [3.05, 3.63) is 64.4 Å². The van der Waals surface area contributed by atoms with Gasteiger partial charge in [0.1, 0.15) is 0 Å². The van der Waals surface area contributed by atoms with E-state index in [0.717, 1.165) is 11.8 Å². The Morgan fingerprint density at radius 3 is 2.67 bits per heavy atom. The van der Waals surface area contributed by atoms with E-state index in [4.69, 9.17) is 11.7 Å². The number of nitrogens with one attached hydrogen (secondary N) is 1. The summed E-state index contributed by atoms with van der Waals surface area (Å²) in [4.78, 5) is 29.5. The van der Waals surface area contributed by atoms with E-state index in [9.17, 15) is 9.59 Å². The molecule has 3 rings (SSSR count). The number of para-hydroxylation sites is 1. The summed E-state index contributed by atoms with van der Waals surface area (Å²) in [7, 11) is 0. The van der Waals surface area contributed by atoms with Crippen LogP contribution in [0.25, 0.3) is 16.6 Å². The van der Waals surface area contributed by atoms with Crippen molar-refractivity contribution in [3.63, 3.8) is 0 Å². The number of benzene rings is 2. The Kier molecular flexibility index (Phi) is 5.55. The lowest BCUT2D eigenvalue weighted by Gasteiger charge is -2.13. The van der Waals surface area contributed by atoms with Crippen LogP contribution in [0.3, 0.4) is 0 Å². The Labute approximate surface area is 159 Å². The van der Waals surface area contributed by atoms with Crippen LogP contribution in [-0.4, -0.2) is 27.8 Å². The predicted octanol–water partition coefficient (Wildman–Crippen LogP) is 2.10. The van der Waals surface area contributed by atoms with E-state index in [1.54, 1.807) is 48.5 Å². The van der Waals surface area contributed by atoms with E-state index < -0.39 is 0 Å². The van der Waals surface area contributed by atoms with Crippen LogP contribution in [0.15, 0.2) is 58.5 Å². The fourth-order valence-corrected chi connectivity index (χ4v) is 3.30. The van der Waals surface area contributed by atoms with Gasteiger partial charge < -0.3 is 5.32 Å². The Morgan fingerprint density at radius 2 is 1.96 bits per heavy atom. The molecule has 27 heavy (non-hydrogen) atoms. The average molecular weight is 374 g/mol. The molecule has 6 nitrogen and oxygen atoms in total. The first-order valence-electron chi connectivity index (χ1n) is 7.99. The summed E-state index contributed by atoms with van der Waals surface area (Å²) in [6.45, 7) is 0.146. The van der Waals surface area contributed by atoms with Gasteiger partial charge in [0.25, 0.3) is 5.56 Å². The van der Waals surface area contributed by atoms with Crippen LogP contribution in [0, 0.1) is 23.7 Å². The Hall–Kier alpha value is -3.55. The van der Waals surface area contributed by atoms with Gasteiger partial charge in [-0.1, -0.05) is 29.8 Å². The first kappa shape index (κ1) is 18.2. The molecule has 0 atom stereocenters. The van der Waals surface area contributed by atoms with Crippen molar-refractivity contribution in [1.82, 2.24) is 14.9 Å². The van der Waals surface area contributed by atoms with E-state index in [-0.39, 0.29) is 23.8 Å². The minimum atomic E-state index is -0.244. The molecule has 132 valence electrons. The molecule has 0 saturated carbocycles. The van der Waals surface area contributed by atoms with Gasteiger partial charge in [-0.05, 0) is 36.4 Å². The molecule has 0 aliphatic carbocycles. The fourth-order valence-electron chi connectivity index (χ4n) is 2.45. The van der Waals surface area contributed by atoms with Crippen molar-refractivity contribution >= 4 is 28.6 Å². The third-order valence-corrected chi connectivity index (χ3v) is 4.66. The molecule has 0 radical (unpaired) electrons. The van der Waals surface area contributed by atoms with Gasteiger partial charge in [0.15, 0.2) is 5.16 Å². The van der Waals surface area contributed by atoms with Crippen molar-refractivity contribution in [2.45, 2.75) is 5.16 Å². The van der Waals surface area contributed by atoms with E-state index in [1.807, 2.05) is 6.07 Å². The normalized spacial score (nSPS) is 10.1. The third-order valence-electron chi connectivity index (χ3n) is 3.72. The number of rotatable bonds is 5. The number of nitriles is 1. The molecule has 1 heterocycles. The number of aromatic nitrogens is 2. The summed E-state index contributed by atoms with van der Waals surface area (Å²) in [5.41, 5.74) is 1.38. The van der Waals surface area contributed by atoms with Crippen LogP contribution < -0.4 is 10.9 Å². The van der Waals surface area contributed by atoms with E-state index in [1.165, 1.54) is 4.57 Å². The number of nitrogens with zero attached hydrogens (tertiary/aromatic N) is 3. The number of terminal acetylenes is 1. The van der Waals surface area contributed by atoms with E-state index >= 15 is 0 Å². The highest BCUT2D eigenvalue weighted by molar-refractivity contribution is 7.99. The second-order valence-electron chi connectivity index (χ2n) is 5.48. The molecule has 0 bridgehead atoms.